The predicted molar refractivity (Wildman–Crippen MR) is 102 cm³/mol. The highest BCUT2D eigenvalue weighted by molar-refractivity contribution is 5.94. The zero-order chi connectivity index (χ0) is 19.5. The maximum atomic E-state index is 12.5. The summed E-state index contributed by atoms with van der Waals surface area (Å²) in [6.07, 6.45) is 7.96. The molecule has 0 aliphatic heterocycles. The Labute approximate surface area is 162 Å². The van der Waals surface area contributed by atoms with Crippen LogP contribution in [0.3, 0.4) is 0 Å². The van der Waals surface area contributed by atoms with Crippen molar-refractivity contribution in [3.8, 4) is 5.69 Å². The number of aromatic nitrogens is 5. The first-order valence-electron chi connectivity index (χ1n) is 9.34. The number of nitrogens with one attached hydrogen (secondary N) is 1. The van der Waals surface area contributed by atoms with Gasteiger partial charge in [0.25, 0.3) is 5.91 Å². The summed E-state index contributed by atoms with van der Waals surface area (Å²) < 4.78 is 1.81. The second-order valence-electron chi connectivity index (χ2n) is 7.04. The van der Waals surface area contributed by atoms with Gasteiger partial charge in [0, 0.05) is 24.5 Å². The number of hydrogen-bond donors (Lipinski definition) is 2. The van der Waals surface area contributed by atoms with Crippen molar-refractivity contribution in [3.05, 3.63) is 66.3 Å². The van der Waals surface area contributed by atoms with Crippen LogP contribution in [0.5, 0.6) is 0 Å². The highest BCUT2D eigenvalue weighted by atomic mass is 16.3. The predicted octanol–water partition coefficient (Wildman–Crippen LogP) is 1.79. The minimum absolute atomic E-state index is 0.0732. The van der Waals surface area contributed by atoms with E-state index >= 15 is 0 Å². The summed E-state index contributed by atoms with van der Waals surface area (Å²) >= 11 is 0. The summed E-state index contributed by atoms with van der Waals surface area (Å²) in [5, 5.41) is 17.9. The van der Waals surface area contributed by atoms with E-state index in [1.807, 2.05) is 23.7 Å². The van der Waals surface area contributed by atoms with E-state index in [1.54, 1.807) is 30.7 Å². The zero-order valence-corrected chi connectivity index (χ0v) is 15.6. The molecule has 1 amide bonds. The van der Waals surface area contributed by atoms with Gasteiger partial charge in [-0.2, -0.15) is 5.10 Å². The number of aryl methyl sites for hydroxylation is 1. The van der Waals surface area contributed by atoms with E-state index in [2.05, 4.69) is 25.4 Å². The summed E-state index contributed by atoms with van der Waals surface area (Å²) in [7, 11) is 0. The molecule has 2 N–H and O–H groups in total. The third-order valence-electron chi connectivity index (χ3n) is 5.05. The van der Waals surface area contributed by atoms with Gasteiger partial charge in [0.15, 0.2) is 0 Å². The Morgan fingerprint density at radius 2 is 1.96 bits per heavy atom. The number of hydrogen-bond acceptors (Lipinski definition) is 6. The number of nitrogens with zero attached hydrogens (tertiary/aromatic N) is 5. The molecule has 0 unspecified atom stereocenters. The van der Waals surface area contributed by atoms with E-state index in [-0.39, 0.29) is 17.9 Å². The van der Waals surface area contributed by atoms with Gasteiger partial charge >= 0.3 is 0 Å². The first-order chi connectivity index (χ1) is 13.6. The Hall–Kier alpha value is -3.13. The van der Waals surface area contributed by atoms with Crippen LogP contribution in [0.1, 0.15) is 47.2 Å². The SMILES string of the molecule is Cc1nc([C@H]2CC[C@@H](O)[C@H](NC(=O)c3cccnc3)C2)n(-c2cccnc2)n1. The van der Waals surface area contributed by atoms with Gasteiger partial charge < -0.3 is 10.4 Å². The van der Waals surface area contributed by atoms with Gasteiger partial charge in [-0.3, -0.25) is 14.8 Å². The molecule has 0 aromatic carbocycles. The van der Waals surface area contributed by atoms with Crippen molar-refractivity contribution < 1.29 is 9.90 Å². The largest absolute Gasteiger partial charge is 0.391 e. The molecular formula is C20H22N6O2. The second kappa shape index (κ2) is 7.85. The Bertz CT molecular complexity index is 944. The number of rotatable bonds is 4. The smallest absolute Gasteiger partial charge is 0.253 e. The van der Waals surface area contributed by atoms with Gasteiger partial charge in [0.05, 0.1) is 29.6 Å². The number of amides is 1. The Morgan fingerprint density at radius 1 is 1.18 bits per heavy atom. The standard InChI is InChI=1S/C20H22N6O2/c1-13-23-19(26(25-13)16-5-3-9-22-12-16)14-6-7-18(27)17(10-14)24-20(28)15-4-2-8-21-11-15/h2-5,8-9,11-12,14,17-18,27H,6-7,10H2,1H3,(H,24,28)/t14-,17+,18+/m0/s1. The van der Waals surface area contributed by atoms with Crippen LogP contribution in [0, 0.1) is 6.92 Å². The van der Waals surface area contributed by atoms with Gasteiger partial charge in [-0.25, -0.2) is 9.67 Å². The van der Waals surface area contributed by atoms with E-state index in [9.17, 15) is 9.90 Å². The summed E-state index contributed by atoms with van der Waals surface area (Å²) in [4.78, 5) is 25.3. The molecule has 0 radical (unpaired) electrons. The van der Waals surface area contributed by atoms with E-state index in [0.717, 1.165) is 17.9 Å². The fourth-order valence-corrected chi connectivity index (χ4v) is 3.66. The number of aliphatic hydroxyl groups is 1. The number of carbonyl (C=O) groups excluding carboxylic acids is 1. The maximum absolute atomic E-state index is 12.5. The average Bonchev–Trinajstić information content (AvgIpc) is 3.12. The quantitative estimate of drug-likeness (QED) is 0.717. The van der Waals surface area contributed by atoms with Gasteiger partial charge in [-0.05, 0) is 50.5 Å². The van der Waals surface area contributed by atoms with Crippen molar-refractivity contribution in [2.24, 2.45) is 0 Å². The minimum Gasteiger partial charge on any atom is -0.391 e. The number of pyridine rings is 2. The molecule has 8 nitrogen and oxygen atoms in total. The van der Waals surface area contributed by atoms with Crippen LogP contribution in [0.2, 0.25) is 0 Å². The molecule has 1 aliphatic rings. The van der Waals surface area contributed by atoms with Crippen molar-refractivity contribution >= 4 is 5.91 Å². The van der Waals surface area contributed by atoms with Crippen molar-refractivity contribution in [2.75, 3.05) is 0 Å². The summed E-state index contributed by atoms with van der Waals surface area (Å²) in [6, 6.07) is 6.86. The molecule has 4 rings (SSSR count). The number of aliphatic hydroxyl groups excluding tert-OH is 1. The van der Waals surface area contributed by atoms with E-state index in [1.165, 1.54) is 6.20 Å². The van der Waals surface area contributed by atoms with E-state index in [0.29, 0.717) is 24.2 Å². The molecule has 28 heavy (non-hydrogen) atoms. The lowest BCUT2D eigenvalue weighted by molar-refractivity contribution is 0.0670. The lowest BCUT2D eigenvalue weighted by Crippen LogP contribution is -2.47. The normalized spacial score (nSPS) is 22.0. The highest BCUT2D eigenvalue weighted by Crippen LogP contribution is 2.33. The molecule has 3 atom stereocenters. The Kier molecular flexibility index (Phi) is 5.12. The summed E-state index contributed by atoms with van der Waals surface area (Å²) in [6.45, 7) is 1.86. The second-order valence-corrected chi connectivity index (χ2v) is 7.04. The molecule has 0 spiro atoms. The van der Waals surface area contributed by atoms with Crippen molar-refractivity contribution in [2.45, 2.75) is 44.2 Å². The van der Waals surface area contributed by atoms with Crippen LogP contribution >= 0.6 is 0 Å². The third-order valence-corrected chi connectivity index (χ3v) is 5.05. The first-order valence-corrected chi connectivity index (χ1v) is 9.34. The average molecular weight is 378 g/mol. The lowest BCUT2D eigenvalue weighted by Gasteiger charge is -2.33. The van der Waals surface area contributed by atoms with E-state index in [4.69, 9.17) is 0 Å². The summed E-state index contributed by atoms with van der Waals surface area (Å²) in [5.41, 5.74) is 1.33. The molecule has 3 aromatic heterocycles. The van der Waals surface area contributed by atoms with Crippen LogP contribution in [0.4, 0.5) is 0 Å². The fourth-order valence-electron chi connectivity index (χ4n) is 3.66. The Balaban J connectivity index is 1.55. The summed E-state index contributed by atoms with van der Waals surface area (Å²) in [5.74, 6) is 1.35. The molecule has 0 saturated heterocycles. The molecule has 8 heteroatoms. The van der Waals surface area contributed by atoms with Crippen molar-refractivity contribution in [1.29, 1.82) is 0 Å². The van der Waals surface area contributed by atoms with Gasteiger partial charge in [0.2, 0.25) is 0 Å². The minimum atomic E-state index is -0.590. The molecule has 144 valence electrons. The molecule has 1 aliphatic carbocycles. The first kappa shape index (κ1) is 18.2. The molecule has 3 heterocycles. The fraction of sp³-hybridized carbons (Fsp3) is 0.350. The van der Waals surface area contributed by atoms with Gasteiger partial charge in [-0.1, -0.05) is 0 Å². The molecular weight excluding hydrogens is 356 g/mol. The topological polar surface area (TPSA) is 106 Å². The third kappa shape index (κ3) is 3.77. The molecule has 3 aromatic rings. The van der Waals surface area contributed by atoms with Gasteiger partial charge in [0.1, 0.15) is 11.6 Å². The Morgan fingerprint density at radius 3 is 2.68 bits per heavy atom. The number of carbonyl (C=O) groups is 1. The molecule has 1 fully saturated rings. The molecule has 0 bridgehead atoms. The van der Waals surface area contributed by atoms with Crippen molar-refractivity contribution in [3.63, 3.8) is 0 Å². The highest BCUT2D eigenvalue weighted by Gasteiger charge is 2.34. The maximum Gasteiger partial charge on any atom is 0.253 e. The van der Waals surface area contributed by atoms with Crippen LogP contribution in [0.25, 0.3) is 5.69 Å². The molecule has 1 saturated carbocycles. The lowest BCUT2D eigenvalue weighted by atomic mass is 9.83. The van der Waals surface area contributed by atoms with Crippen LogP contribution in [-0.4, -0.2) is 47.9 Å². The monoisotopic (exact) mass is 378 g/mol. The van der Waals surface area contributed by atoms with Crippen LogP contribution in [-0.2, 0) is 0 Å². The van der Waals surface area contributed by atoms with Crippen LogP contribution in [0.15, 0.2) is 49.1 Å². The van der Waals surface area contributed by atoms with E-state index < -0.39 is 6.10 Å². The van der Waals surface area contributed by atoms with Gasteiger partial charge in [-0.15, -0.1) is 0 Å². The van der Waals surface area contributed by atoms with Crippen molar-refractivity contribution in [1.82, 2.24) is 30.0 Å². The van der Waals surface area contributed by atoms with Crippen LogP contribution < -0.4 is 5.32 Å². The zero-order valence-electron chi connectivity index (χ0n) is 15.6.